The van der Waals surface area contributed by atoms with E-state index in [-0.39, 0.29) is 18.9 Å². The van der Waals surface area contributed by atoms with Gasteiger partial charge in [0.25, 0.3) is 0 Å². The molecule has 8 heteroatoms. The summed E-state index contributed by atoms with van der Waals surface area (Å²) in [5.74, 6) is -1.22. The fourth-order valence-corrected chi connectivity index (χ4v) is 3.26. The zero-order valence-electron chi connectivity index (χ0n) is 13.4. The minimum absolute atomic E-state index is 0.0624. The van der Waals surface area contributed by atoms with Crippen LogP contribution in [0.2, 0.25) is 5.02 Å². The van der Waals surface area contributed by atoms with E-state index in [1.54, 1.807) is 18.2 Å². The van der Waals surface area contributed by atoms with Crippen LogP contribution in [-0.4, -0.2) is 25.8 Å². The average molecular weight is 364 g/mol. The van der Waals surface area contributed by atoms with Gasteiger partial charge in [0.15, 0.2) is 5.96 Å². The van der Waals surface area contributed by atoms with Gasteiger partial charge >= 0.3 is 6.18 Å². The monoisotopic (exact) mass is 363 g/mol. The fourth-order valence-electron chi connectivity index (χ4n) is 3.00. The van der Waals surface area contributed by atoms with Crippen molar-refractivity contribution >= 4 is 23.2 Å². The quantitative estimate of drug-likeness (QED) is 0.614. The molecule has 2 unspecified atom stereocenters. The van der Waals surface area contributed by atoms with E-state index in [1.165, 1.54) is 7.11 Å². The number of nitrogens with two attached hydrogens (primary N) is 1. The SMILES string of the molecule is COc1ccc(NC(N)=NCC2CCCCC2C(F)(F)F)cc1Cl. The summed E-state index contributed by atoms with van der Waals surface area (Å²) in [6, 6.07) is 4.98. The molecule has 0 aliphatic heterocycles. The van der Waals surface area contributed by atoms with Gasteiger partial charge in [-0.1, -0.05) is 24.4 Å². The molecule has 3 N–H and O–H groups in total. The van der Waals surface area contributed by atoms with Crippen LogP contribution < -0.4 is 15.8 Å². The van der Waals surface area contributed by atoms with Crippen LogP contribution in [0, 0.1) is 11.8 Å². The molecule has 0 saturated heterocycles. The third-order valence-corrected chi connectivity index (χ3v) is 4.55. The number of anilines is 1. The van der Waals surface area contributed by atoms with Crippen molar-refractivity contribution in [3.63, 3.8) is 0 Å². The molecule has 1 aliphatic rings. The standard InChI is InChI=1S/C16H21ClF3N3O/c1-24-14-7-6-11(8-13(14)17)23-15(21)22-9-10-4-2-3-5-12(10)16(18,19)20/h6-8,10,12H,2-5,9H2,1H3,(H3,21,22,23). The molecule has 1 aliphatic carbocycles. The highest BCUT2D eigenvalue weighted by atomic mass is 35.5. The van der Waals surface area contributed by atoms with Gasteiger partial charge in [0.2, 0.25) is 0 Å². The predicted octanol–water partition coefficient (Wildman–Crippen LogP) is 4.44. The first-order valence-electron chi connectivity index (χ1n) is 7.78. The first kappa shape index (κ1) is 18.7. The molecule has 0 spiro atoms. The number of rotatable bonds is 4. The van der Waals surface area contributed by atoms with Crippen LogP contribution in [0.4, 0.5) is 18.9 Å². The third-order valence-electron chi connectivity index (χ3n) is 4.25. The molecule has 1 aromatic rings. The number of ether oxygens (including phenoxy) is 1. The van der Waals surface area contributed by atoms with E-state index in [9.17, 15) is 13.2 Å². The molecule has 1 saturated carbocycles. The van der Waals surface area contributed by atoms with Crippen LogP contribution in [0.3, 0.4) is 0 Å². The molecule has 1 aromatic carbocycles. The smallest absolute Gasteiger partial charge is 0.392 e. The zero-order chi connectivity index (χ0) is 17.7. The highest BCUT2D eigenvalue weighted by Crippen LogP contribution is 2.41. The number of alkyl halides is 3. The van der Waals surface area contributed by atoms with Crippen molar-refractivity contribution in [2.75, 3.05) is 19.0 Å². The Morgan fingerprint density at radius 1 is 1.38 bits per heavy atom. The van der Waals surface area contributed by atoms with Gasteiger partial charge in [-0.25, -0.2) is 0 Å². The van der Waals surface area contributed by atoms with Crippen LogP contribution in [0.15, 0.2) is 23.2 Å². The lowest BCUT2D eigenvalue weighted by Gasteiger charge is -2.32. The van der Waals surface area contributed by atoms with Crippen molar-refractivity contribution in [3.8, 4) is 5.75 Å². The van der Waals surface area contributed by atoms with Crippen LogP contribution in [-0.2, 0) is 0 Å². The van der Waals surface area contributed by atoms with Gasteiger partial charge in [-0.15, -0.1) is 0 Å². The van der Waals surface area contributed by atoms with Crippen molar-refractivity contribution in [1.82, 2.24) is 0 Å². The molecular formula is C16H21ClF3N3O. The van der Waals surface area contributed by atoms with Crippen molar-refractivity contribution < 1.29 is 17.9 Å². The molecule has 0 heterocycles. The summed E-state index contributed by atoms with van der Waals surface area (Å²) in [5.41, 5.74) is 6.38. The number of benzene rings is 1. The first-order valence-corrected chi connectivity index (χ1v) is 8.16. The lowest BCUT2D eigenvalue weighted by molar-refractivity contribution is -0.195. The predicted molar refractivity (Wildman–Crippen MR) is 89.6 cm³/mol. The number of halogens is 4. The Morgan fingerprint density at radius 3 is 2.71 bits per heavy atom. The Balaban J connectivity index is 1.99. The molecule has 2 atom stereocenters. The van der Waals surface area contributed by atoms with Crippen molar-refractivity contribution in [2.45, 2.75) is 31.9 Å². The summed E-state index contributed by atoms with van der Waals surface area (Å²) in [7, 11) is 1.51. The number of methoxy groups -OCH3 is 1. The van der Waals surface area contributed by atoms with Crippen LogP contribution >= 0.6 is 11.6 Å². The van der Waals surface area contributed by atoms with Crippen LogP contribution in [0.1, 0.15) is 25.7 Å². The topological polar surface area (TPSA) is 59.6 Å². The van der Waals surface area contributed by atoms with E-state index in [1.807, 2.05) is 0 Å². The van der Waals surface area contributed by atoms with Gasteiger partial charge in [-0.3, -0.25) is 4.99 Å². The molecule has 24 heavy (non-hydrogen) atoms. The molecule has 0 aromatic heterocycles. The minimum atomic E-state index is -4.17. The Kier molecular flexibility index (Phi) is 6.21. The maximum absolute atomic E-state index is 13.1. The zero-order valence-corrected chi connectivity index (χ0v) is 14.1. The van der Waals surface area contributed by atoms with Gasteiger partial charge in [0.1, 0.15) is 5.75 Å². The molecule has 1 fully saturated rings. The largest absolute Gasteiger partial charge is 0.495 e. The molecule has 4 nitrogen and oxygen atoms in total. The van der Waals surface area contributed by atoms with Crippen molar-refractivity contribution in [2.24, 2.45) is 22.6 Å². The summed E-state index contributed by atoms with van der Waals surface area (Å²) in [4.78, 5) is 4.09. The maximum atomic E-state index is 13.1. The summed E-state index contributed by atoms with van der Waals surface area (Å²) < 4.78 is 44.2. The van der Waals surface area contributed by atoms with E-state index < -0.39 is 18.0 Å². The molecule has 0 amide bonds. The number of guanidine groups is 1. The normalized spacial score (nSPS) is 22.3. The van der Waals surface area contributed by atoms with Crippen LogP contribution in [0.5, 0.6) is 5.75 Å². The average Bonchev–Trinajstić information content (AvgIpc) is 2.52. The molecule has 0 bridgehead atoms. The Bertz CT molecular complexity index is 592. The molecular weight excluding hydrogens is 343 g/mol. The lowest BCUT2D eigenvalue weighted by Crippen LogP contribution is -2.35. The van der Waals surface area contributed by atoms with E-state index in [0.717, 1.165) is 6.42 Å². The van der Waals surface area contributed by atoms with Gasteiger partial charge in [0, 0.05) is 12.2 Å². The van der Waals surface area contributed by atoms with E-state index in [4.69, 9.17) is 22.1 Å². The summed E-state index contributed by atoms with van der Waals surface area (Å²) in [5, 5.41) is 3.24. The highest BCUT2D eigenvalue weighted by molar-refractivity contribution is 6.32. The first-order chi connectivity index (χ1) is 11.3. The Morgan fingerprint density at radius 2 is 2.08 bits per heavy atom. The van der Waals surface area contributed by atoms with Gasteiger partial charge in [-0.2, -0.15) is 13.2 Å². The molecule has 0 radical (unpaired) electrons. The second-order valence-corrected chi connectivity index (χ2v) is 6.30. The summed E-state index contributed by atoms with van der Waals surface area (Å²) in [6.45, 7) is 0.0624. The third kappa shape index (κ3) is 4.93. The Labute approximate surface area is 144 Å². The fraction of sp³-hybridized carbons (Fsp3) is 0.562. The van der Waals surface area contributed by atoms with Crippen LogP contribution in [0.25, 0.3) is 0 Å². The second-order valence-electron chi connectivity index (χ2n) is 5.89. The van der Waals surface area contributed by atoms with E-state index in [0.29, 0.717) is 29.3 Å². The number of nitrogens with one attached hydrogen (secondary N) is 1. The lowest BCUT2D eigenvalue weighted by atomic mass is 9.79. The highest BCUT2D eigenvalue weighted by Gasteiger charge is 2.45. The number of nitrogens with zero attached hydrogens (tertiary/aromatic N) is 1. The maximum Gasteiger partial charge on any atom is 0.392 e. The molecule has 2 rings (SSSR count). The van der Waals surface area contributed by atoms with Gasteiger partial charge < -0.3 is 15.8 Å². The van der Waals surface area contributed by atoms with Crippen molar-refractivity contribution in [1.29, 1.82) is 0 Å². The summed E-state index contributed by atoms with van der Waals surface area (Å²) in [6.07, 6.45) is -2.07. The second kappa shape index (κ2) is 7.96. The van der Waals surface area contributed by atoms with Crippen molar-refractivity contribution in [3.05, 3.63) is 23.2 Å². The van der Waals surface area contributed by atoms with Gasteiger partial charge in [0.05, 0.1) is 18.1 Å². The Hall–Kier alpha value is -1.63. The van der Waals surface area contributed by atoms with Gasteiger partial charge in [-0.05, 0) is 37.0 Å². The summed E-state index contributed by atoms with van der Waals surface area (Å²) >= 11 is 6.01. The van der Waals surface area contributed by atoms with E-state index >= 15 is 0 Å². The number of hydrogen-bond acceptors (Lipinski definition) is 2. The minimum Gasteiger partial charge on any atom is -0.495 e. The van der Waals surface area contributed by atoms with E-state index in [2.05, 4.69) is 10.3 Å². The number of aliphatic imine (C=N–C) groups is 1. The number of hydrogen-bond donors (Lipinski definition) is 2. The molecule has 134 valence electrons.